The van der Waals surface area contributed by atoms with Crippen molar-refractivity contribution in [3.8, 4) is 0 Å². The molecule has 0 saturated carbocycles. The minimum Gasteiger partial charge on any atom is -0.462 e. The van der Waals surface area contributed by atoms with Gasteiger partial charge in [0, 0.05) is 19.3 Å². The van der Waals surface area contributed by atoms with E-state index in [1.165, 1.54) is 141 Å². The van der Waals surface area contributed by atoms with Crippen molar-refractivity contribution in [1.29, 1.82) is 0 Å². The van der Waals surface area contributed by atoms with Gasteiger partial charge in [0.25, 0.3) is 0 Å². The first kappa shape index (κ1) is 69.1. The maximum Gasteiger partial charge on any atom is 0.306 e. The normalized spacial score (nSPS) is 12.9. The van der Waals surface area contributed by atoms with Gasteiger partial charge in [-0.1, -0.05) is 239 Å². The Hall–Kier alpha value is -3.93. The first-order valence-corrected chi connectivity index (χ1v) is 30.4. The number of unbranched alkanes of at least 4 members (excludes halogenated alkanes) is 25. The van der Waals surface area contributed by atoms with Crippen LogP contribution in [0.25, 0.3) is 0 Å². The minimum absolute atomic E-state index is 0.110. The van der Waals surface area contributed by atoms with Crippen LogP contribution in [0, 0.1) is 0 Å². The third-order valence-corrected chi connectivity index (χ3v) is 12.7. The largest absolute Gasteiger partial charge is 0.462 e. The van der Waals surface area contributed by atoms with E-state index in [-0.39, 0.29) is 44.0 Å². The van der Waals surface area contributed by atoms with Gasteiger partial charge >= 0.3 is 17.9 Å². The highest BCUT2D eigenvalue weighted by atomic mass is 16.6. The maximum absolute atomic E-state index is 12.9. The Balaban J connectivity index is 4.53. The average Bonchev–Trinajstić information content (AvgIpc) is 3.39. The van der Waals surface area contributed by atoms with Crippen molar-refractivity contribution in [2.24, 2.45) is 0 Å². The fourth-order valence-electron chi connectivity index (χ4n) is 8.12. The van der Waals surface area contributed by atoms with Crippen molar-refractivity contribution in [1.82, 2.24) is 0 Å². The highest BCUT2D eigenvalue weighted by Gasteiger charge is 2.19. The van der Waals surface area contributed by atoms with Crippen LogP contribution in [0.4, 0.5) is 0 Å². The summed E-state index contributed by atoms with van der Waals surface area (Å²) >= 11 is 0. The molecule has 73 heavy (non-hydrogen) atoms. The van der Waals surface area contributed by atoms with E-state index in [0.29, 0.717) is 19.3 Å². The summed E-state index contributed by atoms with van der Waals surface area (Å²) in [5, 5.41) is 0. The van der Waals surface area contributed by atoms with Crippen molar-refractivity contribution in [2.75, 3.05) is 13.2 Å². The van der Waals surface area contributed by atoms with E-state index in [4.69, 9.17) is 14.2 Å². The van der Waals surface area contributed by atoms with Gasteiger partial charge in [0.05, 0.1) is 0 Å². The molecule has 0 radical (unpaired) electrons. The third-order valence-electron chi connectivity index (χ3n) is 12.7. The SMILES string of the molecule is CCCCC/C=C\C/C=C\C/C=C\C/C=C\CCCCCC(=O)O[C@H](COC(=O)CCC/C=C\C/C=C\C/C=C\C/C=C\CCCCC)COC(=O)CCCCCCCCCCC/C=C\CCCCCCCC. The predicted molar refractivity (Wildman–Crippen MR) is 316 cm³/mol. The molecule has 0 aromatic carbocycles. The van der Waals surface area contributed by atoms with Crippen LogP contribution in [0.5, 0.6) is 0 Å². The Morgan fingerprint density at radius 3 is 0.877 bits per heavy atom. The molecular weight excluding hydrogens is 901 g/mol. The second-order valence-corrected chi connectivity index (χ2v) is 19.9. The summed E-state index contributed by atoms with van der Waals surface area (Å²) in [4.78, 5) is 38.2. The van der Waals surface area contributed by atoms with Crippen LogP contribution >= 0.6 is 0 Å². The highest BCUT2D eigenvalue weighted by molar-refractivity contribution is 5.71. The van der Waals surface area contributed by atoms with Gasteiger partial charge in [-0.3, -0.25) is 14.4 Å². The van der Waals surface area contributed by atoms with Gasteiger partial charge in [-0.15, -0.1) is 0 Å². The molecule has 0 aliphatic carbocycles. The molecule has 0 amide bonds. The van der Waals surface area contributed by atoms with Crippen LogP contribution in [-0.4, -0.2) is 37.2 Å². The van der Waals surface area contributed by atoms with E-state index in [9.17, 15) is 14.4 Å². The number of esters is 3. The van der Waals surface area contributed by atoms with Crippen LogP contribution in [0.15, 0.2) is 109 Å². The Labute approximate surface area is 450 Å². The Morgan fingerprint density at radius 1 is 0.274 bits per heavy atom. The van der Waals surface area contributed by atoms with Crippen LogP contribution in [0.3, 0.4) is 0 Å². The van der Waals surface area contributed by atoms with E-state index in [1.54, 1.807) is 0 Å². The van der Waals surface area contributed by atoms with E-state index in [1.807, 2.05) is 0 Å². The van der Waals surface area contributed by atoms with E-state index in [0.717, 1.165) is 83.5 Å². The average molecular weight is 1010 g/mol. The lowest BCUT2D eigenvalue weighted by Gasteiger charge is -2.18. The Bertz CT molecular complexity index is 1490. The van der Waals surface area contributed by atoms with Crippen molar-refractivity contribution in [3.05, 3.63) is 109 Å². The second kappa shape index (κ2) is 60.6. The summed E-state index contributed by atoms with van der Waals surface area (Å²) in [6.07, 6.45) is 82.3. The lowest BCUT2D eigenvalue weighted by molar-refractivity contribution is -0.167. The molecule has 0 N–H and O–H groups in total. The summed E-state index contributed by atoms with van der Waals surface area (Å²) in [6, 6.07) is 0. The molecule has 0 bridgehead atoms. The lowest BCUT2D eigenvalue weighted by atomic mass is 10.1. The van der Waals surface area contributed by atoms with Gasteiger partial charge in [0.1, 0.15) is 13.2 Å². The molecule has 0 heterocycles. The summed E-state index contributed by atoms with van der Waals surface area (Å²) < 4.78 is 16.8. The summed E-state index contributed by atoms with van der Waals surface area (Å²) in [5.74, 6) is -0.999. The third kappa shape index (κ3) is 58.8. The predicted octanol–water partition coefficient (Wildman–Crippen LogP) is 20.7. The van der Waals surface area contributed by atoms with Crippen molar-refractivity contribution >= 4 is 17.9 Å². The van der Waals surface area contributed by atoms with Gasteiger partial charge in [0.2, 0.25) is 0 Å². The zero-order valence-electron chi connectivity index (χ0n) is 47.6. The Morgan fingerprint density at radius 2 is 0.507 bits per heavy atom. The van der Waals surface area contributed by atoms with Crippen molar-refractivity contribution in [3.63, 3.8) is 0 Å². The number of hydrogen-bond donors (Lipinski definition) is 0. The van der Waals surface area contributed by atoms with E-state index < -0.39 is 6.10 Å². The minimum atomic E-state index is -0.821. The van der Waals surface area contributed by atoms with Gasteiger partial charge in [-0.25, -0.2) is 0 Å². The number of carbonyl (C=O) groups is 3. The molecule has 0 aromatic heterocycles. The highest BCUT2D eigenvalue weighted by Crippen LogP contribution is 2.14. The van der Waals surface area contributed by atoms with Crippen LogP contribution in [-0.2, 0) is 28.6 Å². The molecule has 6 nitrogen and oxygen atoms in total. The van der Waals surface area contributed by atoms with Gasteiger partial charge in [-0.2, -0.15) is 0 Å². The quantitative estimate of drug-likeness (QED) is 0.0261. The zero-order valence-corrected chi connectivity index (χ0v) is 47.6. The van der Waals surface area contributed by atoms with Gasteiger partial charge < -0.3 is 14.2 Å². The topological polar surface area (TPSA) is 78.9 Å². The van der Waals surface area contributed by atoms with Gasteiger partial charge in [0.15, 0.2) is 6.10 Å². The van der Waals surface area contributed by atoms with Crippen molar-refractivity contribution < 1.29 is 28.6 Å². The molecule has 0 aliphatic heterocycles. The Kier molecular flexibility index (Phi) is 57.4. The number of hydrogen-bond acceptors (Lipinski definition) is 6. The summed E-state index contributed by atoms with van der Waals surface area (Å²) in [5.41, 5.74) is 0. The molecule has 0 aliphatic rings. The standard InChI is InChI=1S/C67H112O6/c1-4-7-10-13-16-19-22-25-28-31-33-36-39-42-45-48-51-54-57-60-66(69)72-63-64(62-71-65(68)59-56-53-50-47-44-41-38-35-30-27-24-21-18-15-12-9-6-3)73-67(70)61-58-55-52-49-46-43-40-37-34-32-29-26-23-20-17-14-11-8-5-2/h17-18,20-21,25-30,34,37-38,41,43,46-47,50,64H,4-16,19,22-24,31-33,35-36,39-40,42,44-45,48-49,51-63H2,1-3H3/b20-17-,21-18-,28-25-,29-26-,30-27-,37-34-,41-38-,46-43-,50-47-/t64-/m1/s1. The summed E-state index contributed by atoms with van der Waals surface area (Å²) in [6.45, 7) is 6.52. The van der Waals surface area contributed by atoms with E-state index in [2.05, 4.69) is 130 Å². The number of rotatable bonds is 54. The summed E-state index contributed by atoms with van der Waals surface area (Å²) in [7, 11) is 0. The van der Waals surface area contributed by atoms with Crippen LogP contribution < -0.4 is 0 Å². The zero-order chi connectivity index (χ0) is 52.9. The monoisotopic (exact) mass is 1010 g/mol. The molecule has 0 spiro atoms. The number of carbonyl (C=O) groups excluding carboxylic acids is 3. The first-order valence-electron chi connectivity index (χ1n) is 30.4. The molecule has 0 fully saturated rings. The molecule has 6 heteroatoms. The molecule has 0 saturated heterocycles. The maximum atomic E-state index is 12.9. The number of ether oxygens (including phenoxy) is 3. The fraction of sp³-hybridized carbons (Fsp3) is 0.687. The second-order valence-electron chi connectivity index (χ2n) is 19.9. The van der Waals surface area contributed by atoms with Crippen LogP contribution in [0.1, 0.15) is 278 Å². The van der Waals surface area contributed by atoms with Crippen LogP contribution in [0.2, 0.25) is 0 Å². The molecule has 0 aromatic rings. The lowest BCUT2D eigenvalue weighted by Crippen LogP contribution is -2.30. The number of allylic oxidation sites excluding steroid dienone is 18. The fourth-order valence-corrected chi connectivity index (χ4v) is 8.12. The van der Waals surface area contributed by atoms with E-state index >= 15 is 0 Å². The molecule has 0 rings (SSSR count). The molecule has 0 unspecified atom stereocenters. The molecular formula is C67H112O6. The molecule has 416 valence electrons. The van der Waals surface area contributed by atoms with Crippen molar-refractivity contribution in [2.45, 2.75) is 284 Å². The molecule has 1 atom stereocenters. The van der Waals surface area contributed by atoms with Gasteiger partial charge in [-0.05, 0) is 128 Å². The first-order chi connectivity index (χ1) is 36.0. The smallest absolute Gasteiger partial charge is 0.306 e.